The number of hydrogen-bond donors (Lipinski definition) is 1. The van der Waals surface area contributed by atoms with Gasteiger partial charge in [-0.1, -0.05) is 25.5 Å². The number of anilines is 1. The number of thiophene rings is 1. The van der Waals surface area contributed by atoms with Gasteiger partial charge in [-0.25, -0.2) is 4.79 Å². The van der Waals surface area contributed by atoms with Gasteiger partial charge in [-0.05, 0) is 41.6 Å². The summed E-state index contributed by atoms with van der Waals surface area (Å²) in [5.41, 5.74) is 1.25. The molecular weight excluding hydrogens is 352 g/mol. The third-order valence-electron chi connectivity index (χ3n) is 4.01. The SMILES string of the molecule is CCCc1ccc(OCC(=O)NCC2CN(c3cccs3)C(=O)O2)cc1. The summed E-state index contributed by atoms with van der Waals surface area (Å²) in [6.45, 7) is 2.77. The first-order valence-corrected chi connectivity index (χ1v) is 9.53. The van der Waals surface area contributed by atoms with Crippen molar-refractivity contribution < 1.29 is 19.1 Å². The molecule has 1 atom stereocenters. The van der Waals surface area contributed by atoms with Crippen molar-refractivity contribution in [3.63, 3.8) is 0 Å². The molecule has 1 unspecified atom stereocenters. The largest absolute Gasteiger partial charge is 0.484 e. The molecule has 138 valence electrons. The third kappa shape index (κ3) is 4.76. The predicted molar refractivity (Wildman–Crippen MR) is 101 cm³/mol. The van der Waals surface area contributed by atoms with Gasteiger partial charge in [0.25, 0.3) is 5.91 Å². The van der Waals surface area contributed by atoms with Gasteiger partial charge >= 0.3 is 6.09 Å². The number of rotatable bonds is 8. The van der Waals surface area contributed by atoms with E-state index in [9.17, 15) is 9.59 Å². The number of carbonyl (C=O) groups is 2. The third-order valence-corrected chi connectivity index (χ3v) is 4.90. The maximum Gasteiger partial charge on any atom is 0.415 e. The average Bonchev–Trinajstić information content (AvgIpc) is 3.29. The summed E-state index contributed by atoms with van der Waals surface area (Å²) in [6, 6.07) is 11.5. The number of cyclic esters (lactones) is 1. The van der Waals surface area contributed by atoms with Gasteiger partial charge in [0.15, 0.2) is 6.61 Å². The van der Waals surface area contributed by atoms with Crippen molar-refractivity contribution in [3.8, 4) is 5.75 Å². The zero-order valence-electron chi connectivity index (χ0n) is 14.6. The van der Waals surface area contributed by atoms with Crippen LogP contribution in [0.5, 0.6) is 5.75 Å². The highest BCUT2D eigenvalue weighted by Gasteiger charge is 2.32. The van der Waals surface area contributed by atoms with E-state index >= 15 is 0 Å². The fourth-order valence-electron chi connectivity index (χ4n) is 2.70. The smallest absolute Gasteiger partial charge is 0.415 e. The van der Waals surface area contributed by atoms with Gasteiger partial charge in [0.05, 0.1) is 13.1 Å². The molecule has 2 aromatic rings. The minimum atomic E-state index is -0.380. The van der Waals surface area contributed by atoms with Crippen molar-refractivity contribution in [2.45, 2.75) is 25.9 Å². The summed E-state index contributed by atoms with van der Waals surface area (Å²) in [5.74, 6) is 0.421. The van der Waals surface area contributed by atoms with Gasteiger partial charge in [0.2, 0.25) is 0 Å². The van der Waals surface area contributed by atoms with Crippen molar-refractivity contribution in [2.75, 3.05) is 24.6 Å². The van der Waals surface area contributed by atoms with Crippen LogP contribution in [0.4, 0.5) is 9.80 Å². The first-order chi connectivity index (χ1) is 12.7. The van der Waals surface area contributed by atoms with Crippen LogP contribution in [0.25, 0.3) is 0 Å². The highest BCUT2D eigenvalue weighted by Crippen LogP contribution is 2.26. The second-order valence-electron chi connectivity index (χ2n) is 6.05. The van der Waals surface area contributed by atoms with Gasteiger partial charge in [0, 0.05) is 0 Å². The molecule has 3 rings (SSSR count). The molecule has 1 fully saturated rings. The Morgan fingerprint density at radius 2 is 2.15 bits per heavy atom. The lowest BCUT2D eigenvalue weighted by molar-refractivity contribution is -0.123. The summed E-state index contributed by atoms with van der Waals surface area (Å²) in [7, 11) is 0. The first-order valence-electron chi connectivity index (χ1n) is 8.66. The zero-order chi connectivity index (χ0) is 18.4. The molecule has 2 amide bonds. The number of ether oxygens (including phenoxy) is 2. The topological polar surface area (TPSA) is 67.9 Å². The van der Waals surface area contributed by atoms with Crippen LogP contribution in [-0.2, 0) is 16.0 Å². The van der Waals surface area contributed by atoms with Crippen LogP contribution in [0.2, 0.25) is 0 Å². The Morgan fingerprint density at radius 3 is 2.85 bits per heavy atom. The normalized spacial score (nSPS) is 16.4. The molecule has 1 aliphatic rings. The molecule has 1 saturated heterocycles. The molecular formula is C19H22N2O4S. The van der Waals surface area contributed by atoms with Crippen LogP contribution in [0, 0.1) is 0 Å². The van der Waals surface area contributed by atoms with Crippen molar-refractivity contribution in [1.29, 1.82) is 0 Å². The van der Waals surface area contributed by atoms with Crippen LogP contribution < -0.4 is 15.0 Å². The van der Waals surface area contributed by atoms with E-state index in [1.54, 1.807) is 4.90 Å². The molecule has 0 aliphatic carbocycles. The maximum atomic E-state index is 11.9. The molecule has 1 aromatic carbocycles. The van der Waals surface area contributed by atoms with Gasteiger partial charge in [-0.15, -0.1) is 11.3 Å². The molecule has 26 heavy (non-hydrogen) atoms. The summed E-state index contributed by atoms with van der Waals surface area (Å²) >= 11 is 1.48. The number of aryl methyl sites for hydroxylation is 1. The van der Waals surface area contributed by atoms with E-state index in [0.29, 0.717) is 12.3 Å². The molecule has 6 nitrogen and oxygen atoms in total. The van der Waals surface area contributed by atoms with Gasteiger partial charge in [-0.2, -0.15) is 0 Å². The number of amides is 2. The second kappa shape index (κ2) is 8.71. The number of benzene rings is 1. The lowest BCUT2D eigenvalue weighted by atomic mass is 10.1. The molecule has 0 bridgehead atoms. The molecule has 1 aromatic heterocycles. The number of hydrogen-bond acceptors (Lipinski definition) is 5. The fourth-order valence-corrected chi connectivity index (χ4v) is 3.43. The van der Waals surface area contributed by atoms with E-state index in [2.05, 4.69) is 12.2 Å². The first kappa shape index (κ1) is 18.3. The lowest BCUT2D eigenvalue weighted by Crippen LogP contribution is -2.37. The molecule has 0 saturated carbocycles. The quantitative estimate of drug-likeness (QED) is 0.770. The molecule has 1 aliphatic heterocycles. The summed E-state index contributed by atoms with van der Waals surface area (Å²) in [4.78, 5) is 25.4. The number of nitrogens with one attached hydrogen (secondary N) is 1. The van der Waals surface area contributed by atoms with E-state index < -0.39 is 0 Å². The van der Waals surface area contributed by atoms with Crippen molar-refractivity contribution in [3.05, 3.63) is 47.3 Å². The number of nitrogens with zero attached hydrogens (tertiary/aromatic N) is 1. The van der Waals surface area contributed by atoms with E-state index in [0.717, 1.165) is 17.8 Å². The van der Waals surface area contributed by atoms with Crippen LogP contribution in [-0.4, -0.2) is 37.8 Å². The second-order valence-corrected chi connectivity index (χ2v) is 6.98. The highest BCUT2D eigenvalue weighted by atomic mass is 32.1. The van der Waals surface area contributed by atoms with Crippen LogP contribution >= 0.6 is 11.3 Å². The Kier molecular flexibility index (Phi) is 6.12. The lowest BCUT2D eigenvalue weighted by Gasteiger charge is -2.11. The Balaban J connectivity index is 1.39. The maximum absolute atomic E-state index is 11.9. The molecule has 1 N–H and O–H groups in total. The summed E-state index contributed by atoms with van der Waals surface area (Å²) < 4.78 is 10.8. The zero-order valence-corrected chi connectivity index (χ0v) is 15.5. The van der Waals surface area contributed by atoms with E-state index in [-0.39, 0.29) is 31.3 Å². The Morgan fingerprint density at radius 1 is 1.35 bits per heavy atom. The van der Waals surface area contributed by atoms with Gasteiger partial charge in [0.1, 0.15) is 16.9 Å². The standard InChI is InChI=1S/C19H22N2O4S/c1-2-4-14-6-8-15(9-7-14)24-13-17(22)20-11-16-12-21(19(23)25-16)18-5-3-10-26-18/h3,5-10,16H,2,4,11-13H2,1H3,(H,20,22). The van der Waals surface area contributed by atoms with E-state index in [1.165, 1.54) is 16.9 Å². The summed E-state index contributed by atoms with van der Waals surface area (Å²) in [6.07, 6.45) is 1.39. The molecule has 2 heterocycles. The van der Waals surface area contributed by atoms with Crippen molar-refractivity contribution in [2.24, 2.45) is 0 Å². The predicted octanol–water partition coefficient (Wildman–Crippen LogP) is 3.22. The van der Waals surface area contributed by atoms with Gasteiger partial charge < -0.3 is 14.8 Å². The Hall–Kier alpha value is -2.54. The Labute approximate surface area is 156 Å². The minimum Gasteiger partial charge on any atom is -0.484 e. The average molecular weight is 374 g/mol. The monoisotopic (exact) mass is 374 g/mol. The van der Waals surface area contributed by atoms with Crippen LogP contribution in [0.3, 0.4) is 0 Å². The summed E-state index contributed by atoms with van der Waals surface area (Å²) in [5, 5.41) is 5.50. The van der Waals surface area contributed by atoms with Crippen molar-refractivity contribution in [1.82, 2.24) is 5.32 Å². The highest BCUT2D eigenvalue weighted by molar-refractivity contribution is 7.14. The fraction of sp³-hybridized carbons (Fsp3) is 0.368. The van der Waals surface area contributed by atoms with Crippen molar-refractivity contribution >= 4 is 28.3 Å². The molecule has 7 heteroatoms. The molecule has 0 radical (unpaired) electrons. The number of carbonyl (C=O) groups excluding carboxylic acids is 2. The van der Waals surface area contributed by atoms with Crippen LogP contribution in [0.15, 0.2) is 41.8 Å². The van der Waals surface area contributed by atoms with E-state index in [1.807, 2.05) is 41.8 Å². The van der Waals surface area contributed by atoms with E-state index in [4.69, 9.17) is 9.47 Å². The minimum absolute atomic E-state index is 0.0670. The van der Waals surface area contributed by atoms with Crippen LogP contribution in [0.1, 0.15) is 18.9 Å². The van der Waals surface area contributed by atoms with Gasteiger partial charge in [-0.3, -0.25) is 9.69 Å². The molecule has 0 spiro atoms. The Bertz CT molecular complexity index is 731.